The topological polar surface area (TPSA) is 59.2 Å². The number of amides is 1. The third-order valence-corrected chi connectivity index (χ3v) is 4.61. The Morgan fingerprint density at radius 3 is 2.73 bits per heavy atom. The lowest BCUT2D eigenvalue weighted by Gasteiger charge is -2.33. The van der Waals surface area contributed by atoms with E-state index in [4.69, 9.17) is 16.1 Å². The standard InChI is InChI=1S/C17H17ClF3N3O2/c18-13-5-3-11(4-6-13)16-22-14(26-23-16)7-8-15(25)24-9-1-2-12(10-24)17(19,20)21/h3-6,12H,1-2,7-10H2. The van der Waals surface area contributed by atoms with E-state index < -0.39 is 12.1 Å². The van der Waals surface area contributed by atoms with Crippen molar-refractivity contribution in [2.75, 3.05) is 13.1 Å². The summed E-state index contributed by atoms with van der Waals surface area (Å²) in [6.45, 7) is 0.0768. The van der Waals surface area contributed by atoms with Crippen molar-refractivity contribution in [2.24, 2.45) is 5.92 Å². The second-order valence-corrected chi connectivity index (χ2v) is 6.68. The average Bonchev–Trinajstić information content (AvgIpc) is 3.08. The lowest BCUT2D eigenvalue weighted by Crippen LogP contribution is -2.44. The molecule has 0 N–H and O–H groups in total. The molecule has 1 aromatic carbocycles. The smallest absolute Gasteiger partial charge is 0.342 e. The number of carbonyl (C=O) groups excluding carboxylic acids is 1. The zero-order chi connectivity index (χ0) is 18.7. The third-order valence-electron chi connectivity index (χ3n) is 4.36. The Kier molecular flexibility index (Phi) is 5.50. The Labute approximate surface area is 153 Å². The van der Waals surface area contributed by atoms with Gasteiger partial charge in [-0.1, -0.05) is 16.8 Å². The first kappa shape index (κ1) is 18.7. The van der Waals surface area contributed by atoms with E-state index in [0.29, 0.717) is 23.8 Å². The van der Waals surface area contributed by atoms with Crippen molar-refractivity contribution < 1.29 is 22.5 Å². The van der Waals surface area contributed by atoms with Crippen LogP contribution in [0.2, 0.25) is 5.02 Å². The molecule has 1 aliphatic heterocycles. The molecular formula is C17H17ClF3N3O2. The molecule has 3 rings (SSSR count). The van der Waals surface area contributed by atoms with Crippen LogP contribution in [0.1, 0.15) is 25.2 Å². The monoisotopic (exact) mass is 387 g/mol. The van der Waals surface area contributed by atoms with E-state index in [1.54, 1.807) is 24.3 Å². The van der Waals surface area contributed by atoms with E-state index in [-0.39, 0.29) is 37.6 Å². The summed E-state index contributed by atoms with van der Waals surface area (Å²) in [5.41, 5.74) is 0.722. The number of benzene rings is 1. The number of alkyl halides is 3. The van der Waals surface area contributed by atoms with Gasteiger partial charge in [0.05, 0.1) is 5.92 Å². The maximum absolute atomic E-state index is 12.8. The van der Waals surface area contributed by atoms with Crippen LogP contribution in [-0.4, -0.2) is 40.2 Å². The number of carbonyl (C=O) groups is 1. The number of hydrogen-bond acceptors (Lipinski definition) is 4. The van der Waals surface area contributed by atoms with Gasteiger partial charge in [-0.2, -0.15) is 18.2 Å². The summed E-state index contributed by atoms with van der Waals surface area (Å²) in [5, 5.41) is 4.43. The minimum Gasteiger partial charge on any atom is -0.342 e. The quantitative estimate of drug-likeness (QED) is 0.791. The largest absolute Gasteiger partial charge is 0.393 e. The van der Waals surface area contributed by atoms with Gasteiger partial charge in [0.15, 0.2) is 0 Å². The van der Waals surface area contributed by atoms with Gasteiger partial charge in [0.1, 0.15) is 0 Å². The molecule has 1 fully saturated rings. The first-order chi connectivity index (χ1) is 12.3. The van der Waals surface area contributed by atoms with Crippen molar-refractivity contribution in [3.8, 4) is 11.4 Å². The Bertz CT molecular complexity index is 761. The first-order valence-corrected chi connectivity index (χ1v) is 8.64. The molecule has 0 radical (unpaired) electrons. The maximum Gasteiger partial charge on any atom is 0.393 e. The summed E-state index contributed by atoms with van der Waals surface area (Å²) in [6, 6.07) is 6.88. The molecule has 140 valence electrons. The summed E-state index contributed by atoms with van der Waals surface area (Å²) in [4.78, 5) is 17.7. The molecule has 26 heavy (non-hydrogen) atoms. The first-order valence-electron chi connectivity index (χ1n) is 8.26. The summed E-state index contributed by atoms with van der Waals surface area (Å²) < 4.78 is 43.6. The Morgan fingerprint density at radius 2 is 2.04 bits per heavy atom. The highest BCUT2D eigenvalue weighted by Gasteiger charge is 2.42. The Balaban J connectivity index is 1.56. The summed E-state index contributed by atoms with van der Waals surface area (Å²) in [5.74, 6) is -1.13. The van der Waals surface area contributed by atoms with Crippen molar-refractivity contribution in [1.29, 1.82) is 0 Å². The SMILES string of the molecule is O=C(CCc1nc(-c2ccc(Cl)cc2)no1)N1CCCC(C(F)(F)F)C1. The Morgan fingerprint density at radius 1 is 1.31 bits per heavy atom. The molecule has 1 aromatic heterocycles. The number of aromatic nitrogens is 2. The van der Waals surface area contributed by atoms with E-state index in [0.717, 1.165) is 5.56 Å². The van der Waals surface area contributed by atoms with Crippen molar-refractivity contribution in [2.45, 2.75) is 31.9 Å². The summed E-state index contributed by atoms with van der Waals surface area (Å²) in [7, 11) is 0. The van der Waals surface area contributed by atoms with Crippen LogP contribution >= 0.6 is 11.6 Å². The van der Waals surface area contributed by atoms with Crippen LogP contribution in [-0.2, 0) is 11.2 Å². The number of halogens is 4. The molecule has 0 spiro atoms. The second kappa shape index (κ2) is 7.65. The molecule has 0 bridgehead atoms. The lowest BCUT2D eigenvalue weighted by atomic mass is 9.97. The van der Waals surface area contributed by atoms with Crippen LogP contribution in [0.15, 0.2) is 28.8 Å². The number of aryl methyl sites for hydroxylation is 1. The zero-order valence-electron chi connectivity index (χ0n) is 13.8. The molecule has 9 heteroatoms. The molecule has 1 saturated heterocycles. The molecule has 1 aliphatic rings. The molecule has 0 saturated carbocycles. The maximum atomic E-state index is 12.8. The van der Waals surface area contributed by atoms with E-state index in [1.165, 1.54) is 4.90 Å². The molecular weight excluding hydrogens is 371 g/mol. The Hall–Kier alpha value is -2.09. The number of rotatable bonds is 4. The molecule has 1 amide bonds. The molecule has 1 atom stereocenters. The van der Waals surface area contributed by atoms with E-state index in [9.17, 15) is 18.0 Å². The van der Waals surface area contributed by atoms with Gasteiger partial charge in [0.25, 0.3) is 0 Å². The van der Waals surface area contributed by atoms with Gasteiger partial charge < -0.3 is 9.42 Å². The van der Waals surface area contributed by atoms with E-state index in [1.807, 2.05) is 0 Å². The van der Waals surface area contributed by atoms with Crippen LogP contribution in [0.5, 0.6) is 0 Å². The van der Waals surface area contributed by atoms with Gasteiger partial charge in [-0.25, -0.2) is 0 Å². The summed E-state index contributed by atoms with van der Waals surface area (Å²) in [6.07, 6.45) is -3.61. The highest BCUT2D eigenvalue weighted by atomic mass is 35.5. The van der Waals surface area contributed by atoms with Crippen LogP contribution in [0.4, 0.5) is 13.2 Å². The summed E-state index contributed by atoms with van der Waals surface area (Å²) >= 11 is 5.82. The second-order valence-electron chi connectivity index (χ2n) is 6.24. The number of piperidine rings is 1. The lowest BCUT2D eigenvalue weighted by molar-refractivity contribution is -0.188. The predicted molar refractivity (Wildman–Crippen MR) is 88.4 cm³/mol. The van der Waals surface area contributed by atoms with Crippen LogP contribution in [0, 0.1) is 5.92 Å². The predicted octanol–water partition coefficient (Wildman–Crippen LogP) is 4.12. The normalized spacial score (nSPS) is 18.2. The van der Waals surface area contributed by atoms with Gasteiger partial charge in [-0.15, -0.1) is 0 Å². The van der Waals surface area contributed by atoms with Gasteiger partial charge in [-0.3, -0.25) is 4.79 Å². The van der Waals surface area contributed by atoms with E-state index >= 15 is 0 Å². The number of nitrogens with zero attached hydrogens (tertiary/aromatic N) is 3. The minimum absolute atomic E-state index is 0.0346. The van der Waals surface area contributed by atoms with E-state index in [2.05, 4.69) is 10.1 Å². The highest BCUT2D eigenvalue weighted by Crippen LogP contribution is 2.33. The fraction of sp³-hybridized carbons (Fsp3) is 0.471. The fourth-order valence-electron chi connectivity index (χ4n) is 2.92. The van der Waals surface area contributed by atoms with Gasteiger partial charge in [-0.05, 0) is 37.1 Å². The van der Waals surface area contributed by atoms with Crippen molar-refractivity contribution in [3.63, 3.8) is 0 Å². The molecule has 0 aliphatic carbocycles. The van der Waals surface area contributed by atoms with Gasteiger partial charge in [0, 0.05) is 36.5 Å². The van der Waals surface area contributed by atoms with Crippen molar-refractivity contribution in [3.05, 3.63) is 35.2 Å². The zero-order valence-corrected chi connectivity index (χ0v) is 14.6. The highest BCUT2D eigenvalue weighted by molar-refractivity contribution is 6.30. The molecule has 2 aromatic rings. The van der Waals surface area contributed by atoms with Crippen LogP contribution < -0.4 is 0 Å². The fourth-order valence-corrected chi connectivity index (χ4v) is 3.04. The molecule has 5 nitrogen and oxygen atoms in total. The van der Waals surface area contributed by atoms with Gasteiger partial charge >= 0.3 is 6.18 Å². The number of likely N-dealkylation sites (tertiary alicyclic amines) is 1. The van der Waals surface area contributed by atoms with Crippen LogP contribution in [0.25, 0.3) is 11.4 Å². The van der Waals surface area contributed by atoms with Crippen molar-refractivity contribution >= 4 is 17.5 Å². The minimum atomic E-state index is -4.26. The molecule has 2 heterocycles. The van der Waals surface area contributed by atoms with Crippen molar-refractivity contribution in [1.82, 2.24) is 15.0 Å². The van der Waals surface area contributed by atoms with Crippen LogP contribution in [0.3, 0.4) is 0 Å². The molecule has 1 unspecified atom stereocenters. The average molecular weight is 388 g/mol. The third kappa shape index (κ3) is 4.55. The van der Waals surface area contributed by atoms with Gasteiger partial charge in [0.2, 0.25) is 17.6 Å². The number of hydrogen-bond donors (Lipinski definition) is 0.